The van der Waals surface area contributed by atoms with Crippen molar-refractivity contribution in [2.45, 2.75) is 33.2 Å². The quantitative estimate of drug-likeness (QED) is 0.886. The second-order valence-electron chi connectivity index (χ2n) is 4.41. The SMILES string of the molecule is Cc1ncsc1CNc1cc(N)nc(C(C)C)n1. The van der Waals surface area contributed by atoms with Crippen LogP contribution in [0, 0.1) is 6.92 Å². The first-order chi connectivity index (χ1) is 8.56. The van der Waals surface area contributed by atoms with Gasteiger partial charge < -0.3 is 11.1 Å². The third-order valence-electron chi connectivity index (χ3n) is 2.55. The van der Waals surface area contributed by atoms with Crippen molar-refractivity contribution in [3.63, 3.8) is 0 Å². The molecule has 0 radical (unpaired) electrons. The van der Waals surface area contributed by atoms with Gasteiger partial charge in [0.1, 0.15) is 17.5 Å². The molecule has 0 aliphatic carbocycles. The molecule has 0 spiro atoms. The number of nitrogens with two attached hydrogens (primary N) is 1. The normalized spacial score (nSPS) is 10.9. The number of anilines is 2. The van der Waals surface area contributed by atoms with Gasteiger partial charge in [-0.15, -0.1) is 11.3 Å². The lowest BCUT2D eigenvalue weighted by molar-refractivity contribution is 0.777. The summed E-state index contributed by atoms with van der Waals surface area (Å²) in [6, 6.07) is 1.75. The molecule has 2 heterocycles. The van der Waals surface area contributed by atoms with Crippen LogP contribution in [0.5, 0.6) is 0 Å². The lowest BCUT2D eigenvalue weighted by Crippen LogP contribution is -2.07. The number of thiazole rings is 1. The molecule has 5 nitrogen and oxygen atoms in total. The van der Waals surface area contributed by atoms with Gasteiger partial charge in [-0.25, -0.2) is 15.0 Å². The highest BCUT2D eigenvalue weighted by molar-refractivity contribution is 7.09. The van der Waals surface area contributed by atoms with E-state index in [9.17, 15) is 0 Å². The summed E-state index contributed by atoms with van der Waals surface area (Å²) < 4.78 is 0. The highest BCUT2D eigenvalue weighted by Crippen LogP contribution is 2.17. The van der Waals surface area contributed by atoms with Gasteiger partial charge in [-0.1, -0.05) is 13.8 Å². The lowest BCUT2D eigenvalue weighted by atomic mass is 10.2. The second-order valence-corrected chi connectivity index (χ2v) is 5.34. The number of hydrogen-bond donors (Lipinski definition) is 2. The summed E-state index contributed by atoms with van der Waals surface area (Å²) >= 11 is 1.64. The third-order valence-corrected chi connectivity index (χ3v) is 3.49. The average Bonchev–Trinajstić information content (AvgIpc) is 2.71. The molecule has 0 atom stereocenters. The fraction of sp³-hybridized carbons (Fsp3) is 0.417. The molecule has 18 heavy (non-hydrogen) atoms. The highest BCUT2D eigenvalue weighted by atomic mass is 32.1. The van der Waals surface area contributed by atoms with Crippen LogP contribution in [-0.2, 0) is 6.54 Å². The summed E-state index contributed by atoms with van der Waals surface area (Å²) in [6.45, 7) is 6.81. The minimum atomic E-state index is 0.263. The topological polar surface area (TPSA) is 76.7 Å². The molecule has 6 heteroatoms. The Balaban J connectivity index is 2.12. The number of nitrogen functional groups attached to an aromatic ring is 1. The van der Waals surface area contributed by atoms with Gasteiger partial charge in [0.05, 0.1) is 17.7 Å². The molecule has 0 saturated heterocycles. The molecule has 2 aromatic heterocycles. The smallest absolute Gasteiger partial charge is 0.135 e. The van der Waals surface area contributed by atoms with Gasteiger partial charge in [0.15, 0.2) is 0 Å². The van der Waals surface area contributed by atoms with E-state index < -0.39 is 0 Å². The number of aryl methyl sites for hydroxylation is 1. The number of rotatable bonds is 4. The lowest BCUT2D eigenvalue weighted by Gasteiger charge is -2.09. The largest absolute Gasteiger partial charge is 0.384 e. The summed E-state index contributed by atoms with van der Waals surface area (Å²) in [5.41, 5.74) is 8.68. The minimum Gasteiger partial charge on any atom is -0.384 e. The molecule has 3 N–H and O–H groups in total. The Bertz CT molecular complexity index is 535. The molecule has 2 aromatic rings. The van der Waals surface area contributed by atoms with Gasteiger partial charge in [-0.3, -0.25) is 0 Å². The summed E-state index contributed by atoms with van der Waals surface area (Å²) in [5, 5.41) is 3.26. The molecule has 0 aliphatic rings. The van der Waals surface area contributed by atoms with Gasteiger partial charge in [0.25, 0.3) is 0 Å². The zero-order valence-electron chi connectivity index (χ0n) is 10.8. The van der Waals surface area contributed by atoms with Crippen LogP contribution in [0.2, 0.25) is 0 Å². The predicted molar refractivity (Wildman–Crippen MR) is 74.7 cm³/mol. The van der Waals surface area contributed by atoms with Crippen molar-refractivity contribution < 1.29 is 0 Å². The van der Waals surface area contributed by atoms with Crippen molar-refractivity contribution in [2.24, 2.45) is 0 Å². The minimum absolute atomic E-state index is 0.263. The fourth-order valence-corrected chi connectivity index (χ4v) is 2.22. The molecule has 0 fully saturated rings. The van der Waals surface area contributed by atoms with E-state index in [1.807, 2.05) is 26.3 Å². The molecule has 2 rings (SSSR count). The monoisotopic (exact) mass is 263 g/mol. The average molecular weight is 263 g/mol. The summed E-state index contributed by atoms with van der Waals surface area (Å²) in [5.74, 6) is 2.29. The Kier molecular flexibility index (Phi) is 3.76. The van der Waals surface area contributed by atoms with Crippen LogP contribution in [0.25, 0.3) is 0 Å². The maximum atomic E-state index is 5.78. The number of nitrogens with one attached hydrogen (secondary N) is 1. The first-order valence-corrected chi connectivity index (χ1v) is 6.71. The first-order valence-electron chi connectivity index (χ1n) is 5.83. The van der Waals surface area contributed by atoms with E-state index in [1.54, 1.807) is 17.4 Å². The van der Waals surface area contributed by atoms with E-state index in [4.69, 9.17) is 5.73 Å². The summed E-state index contributed by atoms with van der Waals surface area (Å²) in [4.78, 5) is 14.1. The molecule has 0 aromatic carbocycles. The Morgan fingerprint density at radius 1 is 1.39 bits per heavy atom. The van der Waals surface area contributed by atoms with Crippen molar-refractivity contribution in [1.82, 2.24) is 15.0 Å². The molecule has 0 saturated carbocycles. The van der Waals surface area contributed by atoms with E-state index in [0.717, 1.165) is 17.3 Å². The van der Waals surface area contributed by atoms with E-state index in [0.29, 0.717) is 12.4 Å². The van der Waals surface area contributed by atoms with Crippen molar-refractivity contribution in [3.8, 4) is 0 Å². The van der Waals surface area contributed by atoms with Gasteiger partial charge in [-0.2, -0.15) is 0 Å². The maximum absolute atomic E-state index is 5.78. The van der Waals surface area contributed by atoms with Gasteiger partial charge >= 0.3 is 0 Å². The van der Waals surface area contributed by atoms with Gasteiger partial charge in [0, 0.05) is 16.9 Å². The molecule has 0 bridgehead atoms. The van der Waals surface area contributed by atoms with Crippen molar-refractivity contribution >= 4 is 23.0 Å². The number of nitrogens with zero attached hydrogens (tertiary/aromatic N) is 3. The molecule has 0 aliphatic heterocycles. The highest BCUT2D eigenvalue weighted by Gasteiger charge is 2.07. The van der Waals surface area contributed by atoms with Crippen LogP contribution < -0.4 is 11.1 Å². The van der Waals surface area contributed by atoms with Crippen LogP contribution in [0.1, 0.15) is 36.2 Å². The van der Waals surface area contributed by atoms with E-state index in [1.165, 1.54) is 4.88 Å². The van der Waals surface area contributed by atoms with Crippen LogP contribution in [-0.4, -0.2) is 15.0 Å². The second kappa shape index (κ2) is 5.30. The summed E-state index contributed by atoms with van der Waals surface area (Å²) in [6.07, 6.45) is 0. The Morgan fingerprint density at radius 2 is 2.17 bits per heavy atom. The third kappa shape index (κ3) is 2.95. The van der Waals surface area contributed by atoms with Gasteiger partial charge in [0.2, 0.25) is 0 Å². The van der Waals surface area contributed by atoms with E-state index in [2.05, 4.69) is 20.3 Å². The summed E-state index contributed by atoms with van der Waals surface area (Å²) in [7, 11) is 0. The van der Waals surface area contributed by atoms with Crippen molar-refractivity contribution in [1.29, 1.82) is 0 Å². The zero-order valence-corrected chi connectivity index (χ0v) is 11.6. The van der Waals surface area contributed by atoms with Crippen LogP contribution >= 0.6 is 11.3 Å². The molecule has 0 amide bonds. The number of aromatic nitrogens is 3. The van der Waals surface area contributed by atoms with E-state index >= 15 is 0 Å². The molecule has 96 valence electrons. The van der Waals surface area contributed by atoms with Crippen LogP contribution in [0.4, 0.5) is 11.6 Å². The Labute approximate surface area is 111 Å². The van der Waals surface area contributed by atoms with Crippen LogP contribution in [0.15, 0.2) is 11.6 Å². The fourth-order valence-electron chi connectivity index (χ4n) is 1.50. The molecular formula is C12H17N5S. The Morgan fingerprint density at radius 3 is 2.78 bits per heavy atom. The van der Waals surface area contributed by atoms with Gasteiger partial charge in [-0.05, 0) is 6.92 Å². The van der Waals surface area contributed by atoms with E-state index in [-0.39, 0.29) is 5.92 Å². The maximum Gasteiger partial charge on any atom is 0.135 e. The molecule has 0 unspecified atom stereocenters. The Hall–Kier alpha value is -1.69. The van der Waals surface area contributed by atoms with Crippen molar-refractivity contribution in [3.05, 3.63) is 28.0 Å². The molecular weight excluding hydrogens is 246 g/mol. The standard InChI is InChI=1S/C12H17N5S/c1-7(2)12-16-10(13)4-11(17-12)14-5-9-8(3)15-6-18-9/h4,6-7H,5H2,1-3H3,(H3,13,14,16,17). The van der Waals surface area contributed by atoms with Crippen molar-refractivity contribution in [2.75, 3.05) is 11.1 Å². The predicted octanol–water partition coefficient (Wildman–Crippen LogP) is 2.56. The van der Waals surface area contributed by atoms with Crippen LogP contribution in [0.3, 0.4) is 0 Å². The zero-order chi connectivity index (χ0) is 13.1. The number of hydrogen-bond acceptors (Lipinski definition) is 6. The first kappa shape index (κ1) is 12.8.